The second kappa shape index (κ2) is 6.30. The van der Waals surface area contributed by atoms with Crippen LogP contribution in [0.1, 0.15) is 24.0 Å². The van der Waals surface area contributed by atoms with E-state index in [9.17, 15) is 0 Å². The lowest BCUT2D eigenvalue weighted by atomic mass is 10.1. The van der Waals surface area contributed by atoms with Gasteiger partial charge >= 0.3 is 0 Å². The van der Waals surface area contributed by atoms with Crippen molar-refractivity contribution in [1.29, 1.82) is 0 Å². The van der Waals surface area contributed by atoms with Crippen LogP contribution in [-0.4, -0.2) is 48.3 Å². The summed E-state index contributed by atoms with van der Waals surface area (Å²) in [6.07, 6.45) is 2.82. The highest BCUT2D eigenvalue weighted by atomic mass is 32.1. The normalized spacial score (nSPS) is 25.6. The number of benzene rings is 1. The molecule has 2 unspecified atom stereocenters. The third-order valence-electron chi connectivity index (χ3n) is 4.42. The Morgan fingerprint density at radius 3 is 3.19 bits per heavy atom. The number of thiocarbonyl (C=S) groups is 1. The molecular weight excluding hydrogens is 282 g/mol. The molecule has 2 saturated heterocycles. The fraction of sp³-hybridized carbons (Fsp3) is 0.562. The van der Waals surface area contributed by atoms with Gasteiger partial charge in [0.1, 0.15) is 4.99 Å². The van der Waals surface area contributed by atoms with Crippen molar-refractivity contribution < 1.29 is 4.74 Å². The van der Waals surface area contributed by atoms with Crippen LogP contribution in [0.4, 0.5) is 5.69 Å². The molecule has 0 aromatic heterocycles. The van der Waals surface area contributed by atoms with E-state index in [1.807, 2.05) is 19.1 Å². The molecule has 1 aromatic rings. The van der Waals surface area contributed by atoms with Gasteiger partial charge in [0.05, 0.1) is 12.7 Å². The summed E-state index contributed by atoms with van der Waals surface area (Å²) in [5.74, 6) is 0. The van der Waals surface area contributed by atoms with Crippen LogP contribution in [0.25, 0.3) is 0 Å². The van der Waals surface area contributed by atoms with Crippen molar-refractivity contribution in [2.24, 2.45) is 5.73 Å². The molecule has 114 valence electrons. The van der Waals surface area contributed by atoms with E-state index in [2.05, 4.69) is 16.3 Å². The summed E-state index contributed by atoms with van der Waals surface area (Å²) in [6.45, 7) is 5.94. The minimum Gasteiger partial charge on any atom is -0.389 e. The SMILES string of the molecule is Cc1ccc(NCC2CN3CCCC3CO2)c(C(N)=S)c1. The molecule has 0 amide bonds. The first-order chi connectivity index (χ1) is 10.1. The van der Waals surface area contributed by atoms with Gasteiger partial charge in [-0.25, -0.2) is 0 Å². The topological polar surface area (TPSA) is 50.5 Å². The molecule has 3 rings (SSSR count). The highest BCUT2D eigenvalue weighted by Gasteiger charge is 2.32. The summed E-state index contributed by atoms with van der Waals surface area (Å²) in [5.41, 5.74) is 8.90. The summed E-state index contributed by atoms with van der Waals surface area (Å²) in [4.78, 5) is 2.99. The van der Waals surface area contributed by atoms with Gasteiger partial charge in [-0.2, -0.15) is 0 Å². The van der Waals surface area contributed by atoms with Gasteiger partial charge in [-0.1, -0.05) is 23.8 Å². The predicted molar refractivity (Wildman–Crippen MR) is 89.9 cm³/mol. The van der Waals surface area contributed by atoms with Gasteiger partial charge in [0.25, 0.3) is 0 Å². The predicted octanol–water partition coefficient (Wildman–Crippen LogP) is 1.90. The zero-order chi connectivity index (χ0) is 14.8. The number of fused-ring (bicyclic) bond motifs is 1. The molecule has 21 heavy (non-hydrogen) atoms. The minimum atomic E-state index is 0.236. The Hall–Kier alpha value is -1.17. The highest BCUT2D eigenvalue weighted by molar-refractivity contribution is 7.80. The van der Waals surface area contributed by atoms with Crippen molar-refractivity contribution in [3.63, 3.8) is 0 Å². The van der Waals surface area contributed by atoms with Crippen LogP contribution in [0.3, 0.4) is 0 Å². The van der Waals surface area contributed by atoms with Crippen LogP contribution < -0.4 is 11.1 Å². The van der Waals surface area contributed by atoms with Crippen LogP contribution in [0.15, 0.2) is 18.2 Å². The van der Waals surface area contributed by atoms with Crippen molar-refractivity contribution in [1.82, 2.24) is 4.90 Å². The van der Waals surface area contributed by atoms with E-state index in [0.29, 0.717) is 11.0 Å². The Morgan fingerprint density at radius 2 is 2.38 bits per heavy atom. The Morgan fingerprint density at radius 1 is 1.52 bits per heavy atom. The first kappa shape index (κ1) is 14.8. The fourth-order valence-electron chi connectivity index (χ4n) is 3.25. The zero-order valence-corrected chi connectivity index (χ0v) is 13.3. The number of anilines is 1. The third-order valence-corrected chi connectivity index (χ3v) is 4.64. The third kappa shape index (κ3) is 3.36. The van der Waals surface area contributed by atoms with E-state index >= 15 is 0 Å². The number of hydrogen-bond donors (Lipinski definition) is 2. The summed E-state index contributed by atoms with van der Waals surface area (Å²) < 4.78 is 5.97. The van der Waals surface area contributed by atoms with Crippen molar-refractivity contribution in [3.8, 4) is 0 Å². The molecule has 2 heterocycles. The van der Waals surface area contributed by atoms with Crippen LogP contribution in [-0.2, 0) is 4.74 Å². The molecule has 4 nitrogen and oxygen atoms in total. The maximum absolute atomic E-state index is 5.97. The highest BCUT2D eigenvalue weighted by Crippen LogP contribution is 2.23. The van der Waals surface area contributed by atoms with Crippen molar-refractivity contribution in [2.45, 2.75) is 31.9 Å². The van der Waals surface area contributed by atoms with E-state index in [-0.39, 0.29) is 6.10 Å². The molecule has 0 aliphatic carbocycles. The molecule has 0 saturated carbocycles. The maximum atomic E-state index is 5.97. The van der Waals surface area contributed by atoms with Gasteiger partial charge in [0.15, 0.2) is 0 Å². The second-order valence-corrected chi connectivity index (χ2v) is 6.48. The van der Waals surface area contributed by atoms with Crippen LogP contribution >= 0.6 is 12.2 Å². The second-order valence-electron chi connectivity index (χ2n) is 6.04. The Balaban J connectivity index is 1.61. The van der Waals surface area contributed by atoms with Gasteiger partial charge in [-0.15, -0.1) is 0 Å². The summed E-state index contributed by atoms with van der Waals surface area (Å²) >= 11 is 5.14. The van der Waals surface area contributed by atoms with Crippen molar-refractivity contribution >= 4 is 22.9 Å². The Kier molecular flexibility index (Phi) is 4.42. The Bertz CT molecular complexity index is 534. The zero-order valence-electron chi connectivity index (χ0n) is 12.5. The molecule has 2 aliphatic heterocycles. The van der Waals surface area contributed by atoms with Crippen LogP contribution in [0.2, 0.25) is 0 Å². The molecular formula is C16H23N3OS. The van der Waals surface area contributed by atoms with Gasteiger partial charge in [-0.05, 0) is 38.4 Å². The lowest BCUT2D eigenvalue weighted by Gasteiger charge is -2.35. The van der Waals surface area contributed by atoms with Crippen molar-refractivity contribution in [3.05, 3.63) is 29.3 Å². The molecule has 0 radical (unpaired) electrons. The van der Waals surface area contributed by atoms with E-state index in [1.54, 1.807) is 0 Å². The minimum absolute atomic E-state index is 0.236. The fourth-order valence-corrected chi connectivity index (χ4v) is 3.42. The number of nitrogens with two attached hydrogens (primary N) is 1. The molecule has 0 spiro atoms. The lowest BCUT2D eigenvalue weighted by molar-refractivity contribution is -0.0415. The summed E-state index contributed by atoms with van der Waals surface area (Å²) in [6, 6.07) is 6.80. The van der Waals surface area contributed by atoms with Gasteiger partial charge in [0, 0.05) is 30.4 Å². The molecule has 1 aromatic carbocycles. The molecule has 5 heteroatoms. The van der Waals surface area contributed by atoms with Crippen LogP contribution in [0, 0.1) is 6.92 Å². The molecule has 2 aliphatic rings. The van der Waals surface area contributed by atoms with E-state index < -0.39 is 0 Å². The van der Waals surface area contributed by atoms with Crippen molar-refractivity contribution in [2.75, 3.05) is 31.6 Å². The number of morpholine rings is 1. The van der Waals surface area contributed by atoms with E-state index in [1.165, 1.54) is 19.4 Å². The number of hydrogen-bond acceptors (Lipinski definition) is 4. The number of rotatable bonds is 4. The van der Waals surface area contributed by atoms with Gasteiger partial charge < -0.3 is 15.8 Å². The first-order valence-corrected chi connectivity index (χ1v) is 8.04. The number of nitrogens with one attached hydrogen (secondary N) is 1. The quantitative estimate of drug-likeness (QED) is 0.832. The standard InChI is InChI=1S/C16H23N3OS/c1-11-4-5-15(14(7-11)16(17)21)18-8-13-9-19-6-2-3-12(19)10-20-13/h4-5,7,12-13,18H,2-3,6,8-10H2,1H3,(H2,17,21). The number of nitrogens with zero attached hydrogens (tertiary/aromatic N) is 1. The van der Waals surface area contributed by atoms with Crippen LogP contribution in [0.5, 0.6) is 0 Å². The number of ether oxygens (including phenoxy) is 1. The molecule has 3 N–H and O–H groups in total. The van der Waals surface area contributed by atoms with E-state index in [4.69, 9.17) is 22.7 Å². The molecule has 2 fully saturated rings. The largest absolute Gasteiger partial charge is 0.389 e. The average Bonchev–Trinajstić information content (AvgIpc) is 2.93. The maximum Gasteiger partial charge on any atom is 0.106 e. The lowest BCUT2D eigenvalue weighted by Crippen LogP contribution is -2.48. The molecule has 0 bridgehead atoms. The van der Waals surface area contributed by atoms with Gasteiger partial charge in [-0.3, -0.25) is 4.90 Å². The van der Waals surface area contributed by atoms with Gasteiger partial charge in [0.2, 0.25) is 0 Å². The molecule has 2 atom stereocenters. The summed E-state index contributed by atoms with van der Waals surface area (Å²) in [7, 11) is 0. The summed E-state index contributed by atoms with van der Waals surface area (Å²) in [5, 5.41) is 3.45. The first-order valence-electron chi connectivity index (χ1n) is 7.63. The van der Waals surface area contributed by atoms with E-state index in [0.717, 1.165) is 36.5 Å². The Labute approximate surface area is 131 Å². The number of aryl methyl sites for hydroxylation is 1. The smallest absolute Gasteiger partial charge is 0.106 e. The monoisotopic (exact) mass is 305 g/mol. The average molecular weight is 305 g/mol.